The Morgan fingerprint density at radius 2 is 1.39 bits per heavy atom. The van der Waals surface area contributed by atoms with Gasteiger partial charge in [0, 0.05) is 9.79 Å². The highest BCUT2D eigenvalue weighted by Gasteiger charge is 2.28. The first-order valence-corrected chi connectivity index (χ1v) is 9.40. The molecule has 0 aliphatic carbocycles. The van der Waals surface area contributed by atoms with Crippen LogP contribution in [-0.2, 0) is 0 Å². The molecule has 1 aliphatic rings. The van der Waals surface area contributed by atoms with Crippen molar-refractivity contribution in [3.63, 3.8) is 0 Å². The second-order valence-electron chi connectivity index (χ2n) is 5.96. The average Bonchev–Trinajstić information content (AvgIpc) is 2.75. The molecule has 0 fully saturated rings. The number of hydrogen-bond donors (Lipinski definition) is 2. The molecule has 0 saturated carbocycles. The molecule has 0 saturated heterocycles. The van der Waals surface area contributed by atoms with E-state index in [0.29, 0.717) is 11.3 Å². The number of carbonyl (C=O) groups is 2. The molecular formula is C21H17N3O3S. The second kappa shape index (κ2) is 7.66. The molecule has 0 radical (unpaired) electrons. The number of hydrazine groups is 1. The summed E-state index contributed by atoms with van der Waals surface area (Å²) in [7, 11) is 1.49. The normalized spacial score (nSPS) is 11.8. The number of nitrogens with zero attached hydrogens (tertiary/aromatic N) is 1. The molecule has 0 atom stereocenters. The molecule has 3 aromatic rings. The third kappa shape index (κ3) is 3.27. The lowest BCUT2D eigenvalue weighted by atomic mass is 10.2. The van der Waals surface area contributed by atoms with Crippen LogP contribution in [0.3, 0.4) is 0 Å². The van der Waals surface area contributed by atoms with Crippen molar-refractivity contribution in [1.29, 1.82) is 0 Å². The molecule has 0 spiro atoms. The number of fused-ring (bicyclic) bond motifs is 2. The molecule has 0 bridgehead atoms. The lowest BCUT2D eigenvalue weighted by Gasteiger charge is -2.30. The van der Waals surface area contributed by atoms with Crippen LogP contribution in [0.4, 0.5) is 16.2 Å². The monoisotopic (exact) mass is 391 g/mol. The SMILES string of the molecule is COc1ccccc1C(=O)NNC(=O)N1c2ccccc2Sc2ccccc21. The summed E-state index contributed by atoms with van der Waals surface area (Å²) in [5, 5.41) is 0. The van der Waals surface area contributed by atoms with E-state index in [1.54, 1.807) is 40.9 Å². The molecule has 28 heavy (non-hydrogen) atoms. The van der Waals surface area contributed by atoms with Gasteiger partial charge in [-0.15, -0.1) is 0 Å². The van der Waals surface area contributed by atoms with Gasteiger partial charge in [0.05, 0.1) is 24.0 Å². The van der Waals surface area contributed by atoms with Gasteiger partial charge in [-0.3, -0.25) is 15.1 Å². The largest absolute Gasteiger partial charge is 0.496 e. The lowest BCUT2D eigenvalue weighted by Crippen LogP contribution is -2.48. The first-order chi connectivity index (χ1) is 13.7. The molecule has 4 rings (SSSR count). The van der Waals surface area contributed by atoms with Crippen molar-refractivity contribution in [2.75, 3.05) is 12.0 Å². The summed E-state index contributed by atoms with van der Waals surface area (Å²) in [4.78, 5) is 28.9. The quantitative estimate of drug-likeness (QED) is 0.637. The third-order valence-corrected chi connectivity index (χ3v) is 5.40. The van der Waals surface area contributed by atoms with Crippen LogP contribution in [0.2, 0.25) is 0 Å². The first kappa shape index (κ1) is 17.9. The minimum absolute atomic E-state index is 0.334. The van der Waals surface area contributed by atoms with Crippen LogP contribution in [0.25, 0.3) is 0 Å². The van der Waals surface area contributed by atoms with Gasteiger partial charge in [-0.2, -0.15) is 0 Å². The van der Waals surface area contributed by atoms with Crippen LogP contribution in [0.5, 0.6) is 5.75 Å². The molecule has 3 amide bonds. The maximum atomic E-state index is 13.0. The number of anilines is 2. The molecule has 1 aliphatic heterocycles. The van der Waals surface area contributed by atoms with Crippen molar-refractivity contribution in [3.8, 4) is 5.75 Å². The predicted octanol–water partition coefficient (Wildman–Crippen LogP) is 4.35. The fraction of sp³-hybridized carbons (Fsp3) is 0.0476. The highest BCUT2D eigenvalue weighted by atomic mass is 32.2. The fourth-order valence-corrected chi connectivity index (χ4v) is 4.05. The van der Waals surface area contributed by atoms with Gasteiger partial charge < -0.3 is 4.74 Å². The zero-order chi connectivity index (χ0) is 19.5. The van der Waals surface area contributed by atoms with Crippen molar-refractivity contribution in [3.05, 3.63) is 78.4 Å². The Morgan fingerprint density at radius 3 is 2.04 bits per heavy atom. The fourth-order valence-electron chi connectivity index (χ4n) is 2.99. The Morgan fingerprint density at radius 1 is 0.821 bits per heavy atom. The standard InChI is InChI=1S/C21H17N3O3S/c1-27-17-11-5-2-8-14(17)20(25)22-23-21(26)24-15-9-3-6-12-18(15)28-19-13-7-4-10-16(19)24/h2-13H,1H3,(H,22,25)(H,23,26). The van der Waals surface area contributed by atoms with Gasteiger partial charge in [0.25, 0.3) is 5.91 Å². The van der Waals surface area contributed by atoms with Gasteiger partial charge in [-0.25, -0.2) is 10.2 Å². The maximum absolute atomic E-state index is 13.0. The Kier molecular flexibility index (Phi) is 4.90. The number of hydrogen-bond acceptors (Lipinski definition) is 4. The van der Waals surface area contributed by atoms with Crippen LogP contribution < -0.4 is 20.5 Å². The van der Waals surface area contributed by atoms with Crippen molar-refractivity contribution in [2.24, 2.45) is 0 Å². The number of benzene rings is 3. The number of ether oxygens (including phenoxy) is 1. The minimum Gasteiger partial charge on any atom is -0.496 e. The summed E-state index contributed by atoms with van der Waals surface area (Å²) >= 11 is 1.60. The van der Waals surface area contributed by atoms with E-state index in [9.17, 15) is 9.59 Å². The Bertz CT molecular complexity index is 1010. The molecule has 7 heteroatoms. The van der Waals surface area contributed by atoms with Gasteiger partial charge in [-0.05, 0) is 36.4 Å². The maximum Gasteiger partial charge on any atom is 0.345 e. The molecule has 1 heterocycles. The zero-order valence-corrected chi connectivity index (χ0v) is 15.8. The molecular weight excluding hydrogens is 374 g/mol. The number of urea groups is 1. The van der Waals surface area contributed by atoms with Crippen molar-refractivity contribution in [2.45, 2.75) is 9.79 Å². The summed E-state index contributed by atoms with van der Waals surface area (Å²) in [6, 6.07) is 21.6. The first-order valence-electron chi connectivity index (χ1n) is 8.58. The smallest absolute Gasteiger partial charge is 0.345 e. The van der Waals surface area contributed by atoms with Gasteiger partial charge in [-0.1, -0.05) is 48.2 Å². The van der Waals surface area contributed by atoms with Crippen LogP contribution in [0, 0.1) is 0 Å². The number of nitrogens with one attached hydrogen (secondary N) is 2. The summed E-state index contributed by atoms with van der Waals surface area (Å²) in [6.45, 7) is 0. The van der Waals surface area contributed by atoms with Crippen LogP contribution >= 0.6 is 11.8 Å². The number of methoxy groups -OCH3 is 1. The van der Waals surface area contributed by atoms with E-state index in [4.69, 9.17) is 4.74 Å². The minimum atomic E-state index is -0.459. The Hall–Kier alpha value is -3.45. The molecule has 3 aromatic carbocycles. The molecule has 6 nitrogen and oxygen atoms in total. The van der Waals surface area contributed by atoms with Crippen molar-refractivity contribution in [1.82, 2.24) is 10.9 Å². The number of amides is 3. The van der Waals surface area contributed by atoms with E-state index in [2.05, 4.69) is 10.9 Å². The average molecular weight is 391 g/mol. The summed E-state index contributed by atoms with van der Waals surface area (Å²) in [5.74, 6) is -0.0296. The van der Waals surface area contributed by atoms with E-state index in [-0.39, 0.29) is 0 Å². The predicted molar refractivity (Wildman–Crippen MR) is 108 cm³/mol. The lowest BCUT2D eigenvalue weighted by molar-refractivity contribution is 0.0934. The molecule has 140 valence electrons. The van der Waals surface area contributed by atoms with Gasteiger partial charge in [0.2, 0.25) is 0 Å². The van der Waals surface area contributed by atoms with Crippen LogP contribution in [0.15, 0.2) is 82.6 Å². The van der Waals surface area contributed by atoms with Crippen LogP contribution in [0.1, 0.15) is 10.4 Å². The van der Waals surface area contributed by atoms with Crippen molar-refractivity contribution < 1.29 is 14.3 Å². The van der Waals surface area contributed by atoms with E-state index < -0.39 is 11.9 Å². The van der Waals surface area contributed by atoms with E-state index >= 15 is 0 Å². The highest BCUT2D eigenvalue weighted by Crippen LogP contribution is 2.47. The Balaban J connectivity index is 1.58. The van der Waals surface area contributed by atoms with Crippen molar-refractivity contribution >= 4 is 35.1 Å². The van der Waals surface area contributed by atoms with E-state index in [1.807, 2.05) is 48.5 Å². The molecule has 2 N–H and O–H groups in total. The van der Waals surface area contributed by atoms with Crippen LogP contribution in [-0.4, -0.2) is 19.0 Å². The zero-order valence-electron chi connectivity index (χ0n) is 15.0. The summed E-state index contributed by atoms with van der Waals surface area (Å²) in [5.41, 5.74) is 6.82. The van der Waals surface area contributed by atoms with Gasteiger partial charge in [0.1, 0.15) is 5.75 Å². The number of para-hydroxylation sites is 3. The summed E-state index contributed by atoms with van der Waals surface area (Å²) in [6.07, 6.45) is 0. The molecule has 0 unspecified atom stereocenters. The number of carbonyl (C=O) groups excluding carboxylic acids is 2. The molecule has 0 aromatic heterocycles. The van der Waals surface area contributed by atoms with E-state index in [0.717, 1.165) is 21.2 Å². The highest BCUT2D eigenvalue weighted by molar-refractivity contribution is 7.99. The summed E-state index contributed by atoms with van der Waals surface area (Å²) < 4.78 is 5.20. The number of rotatable bonds is 2. The second-order valence-corrected chi connectivity index (χ2v) is 7.04. The van der Waals surface area contributed by atoms with Gasteiger partial charge in [0.15, 0.2) is 0 Å². The Labute approximate surface area is 166 Å². The van der Waals surface area contributed by atoms with Gasteiger partial charge >= 0.3 is 6.03 Å². The topological polar surface area (TPSA) is 70.7 Å². The van der Waals surface area contributed by atoms with E-state index in [1.165, 1.54) is 7.11 Å². The third-order valence-electron chi connectivity index (χ3n) is 4.27.